The molecule has 6 heteroatoms. The van der Waals surface area contributed by atoms with E-state index in [4.69, 9.17) is 14.2 Å². The summed E-state index contributed by atoms with van der Waals surface area (Å²) in [6.45, 7) is 6.51. The normalized spacial score (nSPS) is 12.4. The van der Waals surface area contributed by atoms with Gasteiger partial charge in [-0.1, -0.05) is 217 Å². The molecule has 0 fully saturated rings. The zero-order chi connectivity index (χ0) is 44.4. The van der Waals surface area contributed by atoms with Gasteiger partial charge in [0.2, 0.25) is 0 Å². The molecule has 0 saturated heterocycles. The highest BCUT2D eigenvalue weighted by Crippen LogP contribution is 2.15. The van der Waals surface area contributed by atoms with Crippen molar-refractivity contribution in [2.24, 2.45) is 0 Å². The Morgan fingerprint density at radius 2 is 0.639 bits per heavy atom. The Bertz CT molecular complexity index is 1070. The molecule has 0 radical (unpaired) electrons. The van der Waals surface area contributed by atoms with E-state index in [1.165, 1.54) is 128 Å². The monoisotopic (exact) mass is 855 g/mol. The number of hydrogen-bond acceptors (Lipinski definition) is 6. The fraction of sp³-hybridized carbons (Fsp3) is 0.800. The smallest absolute Gasteiger partial charge is 0.306 e. The molecule has 0 aromatic heterocycles. The molecule has 0 aliphatic rings. The lowest BCUT2D eigenvalue weighted by molar-refractivity contribution is -0.167. The number of ether oxygens (including phenoxy) is 3. The van der Waals surface area contributed by atoms with E-state index in [9.17, 15) is 14.4 Å². The Hall–Kier alpha value is -2.63. The van der Waals surface area contributed by atoms with Crippen LogP contribution in [0.4, 0.5) is 0 Å². The molecule has 0 N–H and O–H groups in total. The molecule has 0 aliphatic carbocycles. The summed E-state index contributed by atoms with van der Waals surface area (Å²) in [4.78, 5) is 38.0. The molecule has 0 aromatic carbocycles. The second kappa shape index (κ2) is 50.0. The van der Waals surface area contributed by atoms with Gasteiger partial charge in [0, 0.05) is 19.3 Å². The van der Waals surface area contributed by atoms with Gasteiger partial charge in [-0.25, -0.2) is 0 Å². The standard InChI is InChI=1S/C55H98O6/c1-4-7-10-13-16-19-22-25-27-28-31-33-36-39-42-45-48-54(57)60-51-52(50-59-53(56)47-44-41-38-35-32-29-24-21-18-15-12-9-6-3)61-55(58)49-46-43-40-37-34-30-26-23-20-17-14-11-8-5-2/h7,10,16,19,25,27,29,32,52H,4-6,8-9,11-15,17-18,20-24,26,28,30-31,33-51H2,1-3H3/b10-7-,19-16-,27-25-,32-29-. The van der Waals surface area contributed by atoms with Gasteiger partial charge in [0.15, 0.2) is 6.10 Å². The Labute approximate surface area is 378 Å². The van der Waals surface area contributed by atoms with E-state index in [-0.39, 0.29) is 31.1 Å². The van der Waals surface area contributed by atoms with Crippen molar-refractivity contribution in [2.75, 3.05) is 13.2 Å². The Morgan fingerprint density at radius 1 is 0.344 bits per heavy atom. The summed E-state index contributed by atoms with van der Waals surface area (Å²) in [6, 6.07) is 0. The minimum absolute atomic E-state index is 0.0825. The first kappa shape index (κ1) is 58.4. The van der Waals surface area contributed by atoms with Crippen LogP contribution in [-0.4, -0.2) is 37.2 Å². The van der Waals surface area contributed by atoms with Gasteiger partial charge >= 0.3 is 17.9 Å². The average Bonchev–Trinajstić information content (AvgIpc) is 3.26. The van der Waals surface area contributed by atoms with E-state index in [0.29, 0.717) is 19.3 Å². The predicted octanol–water partition coefficient (Wildman–Crippen LogP) is 17.1. The van der Waals surface area contributed by atoms with E-state index in [2.05, 4.69) is 69.4 Å². The van der Waals surface area contributed by atoms with Gasteiger partial charge in [-0.3, -0.25) is 14.4 Å². The van der Waals surface area contributed by atoms with Gasteiger partial charge in [0.05, 0.1) is 0 Å². The molecular formula is C55H98O6. The van der Waals surface area contributed by atoms with Crippen molar-refractivity contribution in [1.29, 1.82) is 0 Å². The van der Waals surface area contributed by atoms with Crippen molar-refractivity contribution in [3.05, 3.63) is 48.6 Å². The molecule has 0 heterocycles. The second-order valence-electron chi connectivity index (χ2n) is 17.4. The minimum Gasteiger partial charge on any atom is -0.462 e. The van der Waals surface area contributed by atoms with Gasteiger partial charge in [-0.2, -0.15) is 0 Å². The predicted molar refractivity (Wildman–Crippen MR) is 261 cm³/mol. The van der Waals surface area contributed by atoms with Crippen molar-refractivity contribution < 1.29 is 28.6 Å². The molecular weight excluding hydrogens is 757 g/mol. The molecule has 0 spiro atoms. The fourth-order valence-corrected chi connectivity index (χ4v) is 7.39. The van der Waals surface area contributed by atoms with Crippen LogP contribution in [0.15, 0.2) is 48.6 Å². The Kier molecular flexibility index (Phi) is 47.9. The first-order valence-corrected chi connectivity index (χ1v) is 26.1. The highest BCUT2D eigenvalue weighted by atomic mass is 16.6. The molecule has 1 atom stereocenters. The summed E-state index contributed by atoms with van der Waals surface area (Å²) >= 11 is 0. The van der Waals surface area contributed by atoms with Crippen LogP contribution in [0.2, 0.25) is 0 Å². The van der Waals surface area contributed by atoms with E-state index in [0.717, 1.165) is 96.3 Å². The van der Waals surface area contributed by atoms with Crippen LogP contribution in [0.25, 0.3) is 0 Å². The lowest BCUT2D eigenvalue weighted by atomic mass is 10.0. The van der Waals surface area contributed by atoms with Gasteiger partial charge in [0.1, 0.15) is 13.2 Å². The van der Waals surface area contributed by atoms with Crippen molar-refractivity contribution in [2.45, 2.75) is 271 Å². The number of esters is 3. The van der Waals surface area contributed by atoms with Gasteiger partial charge in [-0.05, 0) is 77.0 Å². The maximum absolute atomic E-state index is 12.8. The largest absolute Gasteiger partial charge is 0.462 e. The zero-order valence-corrected chi connectivity index (χ0v) is 40.4. The molecule has 61 heavy (non-hydrogen) atoms. The molecule has 0 aliphatic heterocycles. The van der Waals surface area contributed by atoms with Gasteiger partial charge < -0.3 is 14.2 Å². The van der Waals surface area contributed by atoms with E-state index in [1.807, 2.05) is 0 Å². The maximum atomic E-state index is 12.8. The average molecular weight is 855 g/mol. The molecule has 0 amide bonds. The van der Waals surface area contributed by atoms with E-state index < -0.39 is 6.10 Å². The number of allylic oxidation sites excluding steroid dienone is 8. The van der Waals surface area contributed by atoms with E-state index >= 15 is 0 Å². The SMILES string of the molecule is CC/C=C\C/C=C\C/C=C\CCCCCCCCC(=O)OCC(COC(=O)CCCCC/C=C\CCCCCCCC)OC(=O)CCCCCCCCCCCCCCCC. The molecule has 1 unspecified atom stereocenters. The molecule has 354 valence electrons. The van der Waals surface area contributed by atoms with Crippen LogP contribution < -0.4 is 0 Å². The number of unbranched alkanes of at least 4 members (excludes halogenated alkanes) is 28. The summed E-state index contributed by atoms with van der Waals surface area (Å²) < 4.78 is 16.8. The van der Waals surface area contributed by atoms with Gasteiger partial charge in [0.25, 0.3) is 0 Å². The lowest BCUT2D eigenvalue weighted by Gasteiger charge is -2.18. The third-order valence-electron chi connectivity index (χ3n) is 11.3. The quantitative estimate of drug-likeness (QED) is 0.0263. The van der Waals surface area contributed by atoms with Gasteiger partial charge in [-0.15, -0.1) is 0 Å². The summed E-state index contributed by atoms with van der Waals surface area (Å²) in [7, 11) is 0. The van der Waals surface area contributed by atoms with E-state index in [1.54, 1.807) is 0 Å². The van der Waals surface area contributed by atoms with Crippen LogP contribution in [0, 0.1) is 0 Å². The summed E-state index contributed by atoms with van der Waals surface area (Å²) in [5.41, 5.74) is 0. The van der Waals surface area contributed by atoms with Crippen LogP contribution in [0.1, 0.15) is 265 Å². The molecule has 0 saturated carbocycles. The summed E-state index contributed by atoms with van der Waals surface area (Å²) in [5.74, 6) is -0.901. The minimum atomic E-state index is -0.781. The molecule has 6 nitrogen and oxygen atoms in total. The second-order valence-corrected chi connectivity index (χ2v) is 17.4. The number of hydrogen-bond donors (Lipinski definition) is 0. The van der Waals surface area contributed by atoms with Crippen molar-refractivity contribution in [3.8, 4) is 0 Å². The Balaban J connectivity index is 4.39. The molecule has 0 bridgehead atoms. The lowest BCUT2D eigenvalue weighted by Crippen LogP contribution is -2.30. The van der Waals surface area contributed by atoms with Crippen LogP contribution in [0.5, 0.6) is 0 Å². The highest BCUT2D eigenvalue weighted by molar-refractivity contribution is 5.71. The number of carbonyl (C=O) groups is 3. The van der Waals surface area contributed by atoms with Crippen molar-refractivity contribution >= 4 is 17.9 Å². The van der Waals surface area contributed by atoms with Crippen molar-refractivity contribution in [3.63, 3.8) is 0 Å². The third kappa shape index (κ3) is 48.3. The summed E-state index contributed by atoms with van der Waals surface area (Å²) in [6.07, 6.45) is 59.5. The summed E-state index contributed by atoms with van der Waals surface area (Å²) in [5, 5.41) is 0. The highest BCUT2D eigenvalue weighted by Gasteiger charge is 2.19. The Morgan fingerprint density at radius 3 is 1.03 bits per heavy atom. The molecule has 0 rings (SSSR count). The van der Waals surface area contributed by atoms with Crippen LogP contribution in [0.3, 0.4) is 0 Å². The topological polar surface area (TPSA) is 78.9 Å². The molecule has 0 aromatic rings. The fourth-order valence-electron chi connectivity index (χ4n) is 7.39. The first-order chi connectivity index (χ1) is 30.0. The third-order valence-corrected chi connectivity index (χ3v) is 11.3. The number of rotatable bonds is 47. The number of carbonyl (C=O) groups excluding carboxylic acids is 3. The zero-order valence-electron chi connectivity index (χ0n) is 40.4. The first-order valence-electron chi connectivity index (χ1n) is 26.1. The maximum Gasteiger partial charge on any atom is 0.306 e. The van der Waals surface area contributed by atoms with Crippen LogP contribution in [-0.2, 0) is 28.6 Å². The van der Waals surface area contributed by atoms with Crippen LogP contribution >= 0.6 is 0 Å². The van der Waals surface area contributed by atoms with Crippen molar-refractivity contribution in [1.82, 2.24) is 0 Å².